The van der Waals surface area contributed by atoms with Gasteiger partial charge in [0.25, 0.3) is 5.91 Å². The lowest BCUT2D eigenvalue weighted by Crippen LogP contribution is -2.61. The van der Waals surface area contributed by atoms with E-state index in [1.807, 2.05) is 13.8 Å². The number of halogens is 2. The highest BCUT2D eigenvalue weighted by Gasteiger charge is 2.48. The fourth-order valence-electron chi connectivity index (χ4n) is 2.05. The molecule has 1 saturated carbocycles. The Hall–Kier alpha value is -1.13. The van der Waals surface area contributed by atoms with Gasteiger partial charge in [-0.3, -0.25) is 4.79 Å². The Labute approximate surface area is 110 Å². The number of carbonyl (C=O) groups excluding carboxylic acids is 1. The number of nitrogens with one attached hydrogen (secondary N) is 1. The van der Waals surface area contributed by atoms with Crippen molar-refractivity contribution in [2.45, 2.75) is 32.4 Å². The highest BCUT2D eigenvalue weighted by molar-refractivity contribution is 6.31. The molecule has 2 rings (SSSR count). The van der Waals surface area contributed by atoms with Gasteiger partial charge in [-0.1, -0.05) is 25.4 Å². The first-order valence-corrected chi connectivity index (χ1v) is 6.14. The third-order valence-corrected chi connectivity index (χ3v) is 3.93. The SMILES string of the molecule is CC1(C)C(O)CC1NC(=O)c1cc(Cl)ccc1F. The molecule has 1 fully saturated rings. The van der Waals surface area contributed by atoms with Crippen LogP contribution in [-0.2, 0) is 0 Å². The molecule has 0 bridgehead atoms. The van der Waals surface area contributed by atoms with E-state index in [2.05, 4.69) is 5.32 Å². The third-order valence-electron chi connectivity index (χ3n) is 3.69. The van der Waals surface area contributed by atoms with Crippen molar-refractivity contribution in [1.82, 2.24) is 5.32 Å². The Morgan fingerprint density at radius 1 is 1.56 bits per heavy atom. The van der Waals surface area contributed by atoms with Crippen molar-refractivity contribution in [1.29, 1.82) is 0 Å². The quantitative estimate of drug-likeness (QED) is 0.868. The second kappa shape index (κ2) is 4.52. The molecule has 18 heavy (non-hydrogen) atoms. The van der Waals surface area contributed by atoms with Gasteiger partial charge in [0.2, 0.25) is 0 Å². The highest BCUT2D eigenvalue weighted by Crippen LogP contribution is 2.40. The van der Waals surface area contributed by atoms with Crippen LogP contribution in [0.5, 0.6) is 0 Å². The van der Waals surface area contributed by atoms with Crippen LogP contribution in [0.2, 0.25) is 5.02 Å². The summed E-state index contributed by atoms with van der Waals surface area (Å²) in [5, 5.41) is 12.6. The van der Waals surface area contributed by atoms with Crippen LogP contribution in [0.1, 0.15) is 30.6 Å². The van der Waals surface area contributed by atoms with Crippen LogP contribution >= 0.6 is 11.6 Å². The average molecular weight is 272 g/mol. The minimum absolute atomic E-state index is 0.0697. The third kappa shape index (κ3) is 2.22. The smallest absolute Gasteiger partial charge is 0.254 e. The zero-order valence-electron chi connectivity index (χ0n) is 10.2. The van der Waals surface area contributed by atoms with E-state index in [4.69, 9.17) is 11.6 Å². The van der Waals surface area contributed by atoms with Gasteiger partial charge in [-0.05, 0) is 24.6 Å². The van der Waals surface area contributed by atoms with Crippen molar-refractivity contribution in [2.75, 3.05) is 0 Å². The molecule has 2 atom stereocenters. The number of rotatable bonds is 2. The van der Waals surface area contributed by atoms with Crippen LogP contribution in [0, 0.1) is 11.2 Å². The minimum Gasteiger partial charge on any atom is -0.392 e. The van der Waals surface area contributed by atoms with Crippen LogP contribution in [-0.4, -0.2) is 23.2 Å². The summed E-state index contributed by atoms with van der Waals surface area (Å²) in [5.74, 6) is -1.10. The van der Waals surface area contributed by atoms with E-state index in [1.54, 1.807) is 0 Å². The molecule has 0 spiro atoms. The lowest BCUT2D eigenvalue weighted by molar-refractivity contribution is -0.0689. The molecular weight excluding hydrogens is 257 g/mol. The molecule has 2 unspecified atom stereocenters. The van der Waals surface area contributed by atoms with Crippen molar-refractivity contribution in [3.63, 3.8) is 0 Å². The van der Waals surface area contributed by atoms with Crippen molar-refractivity contribution in [3.05, 3.63) is 34.6 Å². The first kappa shape index (κ1) is 13.3. The molecule has 1 aliphatic rings. The Morgan fingerprint density at radius 2 is 2.22 bits per heavy atom. The highest BCUT2D eigenvalue weighted by atomic mass is 35.5. The summed E-state index contributed by atoms with van der Waals surface area (Å²) >= 11 is 5.74. The van der Waals surface area contributed by atoms with Gasteiger partial charge in [0.15, 0.2) is 0 Å². The Morgan fingerprint density at radius 3 is 2.78 bits per heavy atom. The van der Waals surface area contributed by atoms with Gasteiger partial charge in [-0.2, -0.15) is 0 Å². The Bertz CT molecular complexity index is 490. The van der Waals surface area contributed by atoms with Gasteiger partial charge < -0.3 is 10.4 Å². The number of amides is 1. The molecule has 1 aromatic carbocycles. The zero-order valence-corrected chi connectivity index (χ0v) is 11.0. The second-order valence-corrected chi connectivity index (χ2v) is 5.66. The molecule has 3 nitrogen and oxygen atoms in total. The maximum Gasteiger partial charge on any atom is 0.254 e. The molecule has 1 amide bonds. The molecule has 98 valence electrons. The van der Waals surface area contributed by atoms with Crippen molar-refractivity contribution < 1.29 is 14.3 Å². The second-order valence-electron chi connectivity index (χ2n) is 5.22. The zero-order chi connectivity index (χ0) is 13.5. The van der Waals surface area contributed by atoms with Crippen LogP contribution in [0.3, 0.4) is 0 Å². The molecule has 0 heterocycles. The number of aliphatic hydroxyl groups is 1. The van der Waals surface area contributed by atoms with Crippen LogP contribution in [0.15, 0.2) is 18.2 Å². The summed E-state index contributed by atoms with van der Waals surface area (Å²) < 4.78 is 13.5. The molecule has 0 aromatic heterocycles. The number of aliphatic hydroxyl groups excluding tert-OH is 1. The summed E-state index contributed by atoms with van der Waals surface area (Å²) in [6, 6.07) is 3.70. The van der Waals surface area contributed by atoms with Crippen LogP contribution in [0.4, 0.5) is 4.39 Å². The van der Waals surface area contributed by atoms with Crippen molar-refractivity contribution >= 4 is 17.5 Å². The molecule has 2 N–H and O–H groups in total. The van der Waals surface area contributed by atoms with E-state index < -0.39 is 17.8 Å². The number of hydrogen-bond donors (Lipinski definition) is 2. The van der Waals surface area contributed by atoms with Gasteiger partial charge in [-0.25, -0.2) is 4.39 Å². The molecule has 1 aliphatic carbocycles. The largest absolute Gasteiger partial charge is 0.392 e. The van der Waals surface area contributed by atoms with E-state index in [1.165, 1.54) is 12.1 Å². The Kier molecular flexibility index (Phi) is 3.34. The standard InChI is InChI=1S/C13H15ClFNO2/c1-13(2)10(6-11(13)17)16-12(18)8-5-7(14)3-4-9(8)15/h3-5,10-11,17H,6H2,1-2H3,(H,16,18). The lowest BCUT2D eigenvalue weighted by Gasteiger charge is -2.49. The van der Waals surface area contributed by atoms with Gasteiger partial charge in [-0.15, -0.1) is 0 Å². The average Bonchev–Trinajstić information content (AvgIpc) is 2.31. The predicted octanol–water partition coefficient (Wildman–Crippen LogP) is 2.37. The van der Waals surface area contributed by atoms with E-state index in [9.17, 15) is 14.3 Å². The molecule has 0 aliphatic heterocycles. The summed E-state index contributed by atoms with van der Waals surface area (Å²) in [5.41, 5.74) is -0.454. The van der Waals surface area contributed by atoms with Gasteiger partial charge >= 0.3 is 0 Å². The molecule has 1 aromatic rings. The Balaban J connectivity index is 2.12. The van der Waals surface area contributed by atoms with Crippen molar-refractivity contribution in [2.24, 2.45) is 5.41 Å². The lowest BCUT2D eigenvalue weighted by atomic mass is 9.64. The predicted molar refractivity (Wildman–Crippen MR) is 67.1 cm³/mol. The van der Waals surface area contributed by atoms with E-state index in [0.717, 1.165) is 6.07 Å². The first-order valence-electron chi connectivity index (χ1n) is 5.76. The van der Waals surface area contributed by atoms with E-state index in [-0.39, 0.29) is 17.0 Å². The molecule has 0 saturated heterocycles. The minimum atomic E-state index is -0.602. The summed E-state index contributed by atoms with van der Waals surface area (Å²) in [4.78, 5) is 11.9. The van der Waals surface area contributed by atoms with E-state index >= 15 is 0 Å². The fraction of sp³-hybridized carbons (Fsp3) is 0.462. The summed E-state index contributed by atoms with van der Waals surface area (Å²) in [6.45, 7) is 3.72. The molecule has 0 radical (unpaired) electrons. The maximum atomic E-state index is 13.5. The van der Waals surface area contributed by atoms with Crippen molar-refractivity contribution in [3.8, 4) is 0 Å². The van der Waals surface area contributed by atoms with Gasteiger partial charge in [0.05, 0.1) is 11.7 Å². The summed E-state index contributed by atoms with van der Waals surface area (Å²) in [6.07, 6.45) is 0.0491. The van der Waals surface area contributed by atoms with E-state index in [0.29, 0.717) is 11.4 Å². The monoisotopic (exact) mass is 271 g/mol. The number of carbonyl (C=O) groups is 1. The number of benzene rings is 1. The fourth-order valence-corrected chi connectivity index (χ4v) is 2.23. The molecular formula is C13H15ClFNO2. The summed E-state index contributed by atoms with van der Waals surface area (Å²) in [7, 11) is 0. The normalized spacial score (nSPS) is 25.4. The molecule has 5 heteroatoms. The van der Waals surface area contributed by atoms with Gasteiger partial charge in [0, 0.05) is 16.5 Å². The van der Waals surface area contributed by atoms with Crippen LogP contribution < -0.4 is 5.32 Å². The first-order chi connectivity index (χ1) is 8.32. The number of hydrogen-bond acceptors (Lipinski definition) is 2. The maximum absolute atomic E-state index is 13.5. The topological polar surface area (TPSA) is 49.3 Å². The van der Waals surface area contributed by atoms with Crippen LogP contribution in [0.25, 0.3) is 0 Å². The van der Waals surface area contributed by atoms with Gasteiger partial charge in [0.1, 0.15) is 5.82 Å².